The lowest BCUT2D eigenvalue weighted by atomic mass is 10.1. The Bertz CT molecular complexity index is 375. The monoisotopic (exact) mass is 237 g/mol. The highest BCUT2D eigenvalue weighted by molar-refractivity contribution is 7.75. The normalized spacial score (nSPS) is 15.9. The third-order valence-corrected chi connectivity index (χ3v) is 3.05. The molecule has 86 valence electrons. The van der Waals surface area contributed by atoms with E-state index in [1.807, 2.05) is 18.2 Å². The number of carbonyl (C=O) groups is 1. The van der Waals surface area contributed by atoms with Gasteiger partial charge in [0.1, 0.15) is 0 Å². The summed E-state index contributed by atoms with van der Waals surface area (Å²) in [4.78, 5) is 13.6. The molecule has 2 rings (SSSR count). The molecule has 0 aromatic heterocycles. The van der Waals surface area contributed by atoms with Crippen LogP contribution in [0.5, 0.6) is 0 Å². The van der Waals surface area contributed by atoms with Crippen LogP contribution in [0, 0.1) is 0 Å². The highest BCUT2D eigenvalue weighted by Gasteiger charge is 2.13. The van der Waals surface area contributed by atoms with Crippen molar-refractivity contribution < 1.29 is 8.98 Å². The van der Waals surface area contributed by atoms with E-state index < -0.39 is 5.97 Å². The Morgan fingerprint density at radius 1 is 1.25 bits per heavy atom. The van der Waals surface area contributed by atoms with Crippen LogP contribution >= 0.6 is 12.9 Å². The van der Waals surface area contributed by atoms with Crippen LogP contribution in [0.25, 0.3) is 0 Å². The summed E-state index contributed by atoms with van der Waals surface area (Å²) in [7, 11) is 0. The molecule has 1 aliphatic heterocycles. The smallest absolute Gasteiger partial charge is 0.350 e. The van der Waals surface area contributed by atoms with Crippen molar-refractivity contribution >= 4 is 24.6 Å². The summed E-state index contributed by atoms with van der Waals surface area (Å²) in [6, 6.07) is 7.51. The SMILES string of the molecule is O=C(OS)c1cccc(N2CCCCC2)c1. The Kier molecular flexibility index (Phi) is 3.72. The third kappa shape index (κ3) is 2.50. The molecule has 0 atom stereocenters. The molecule has 0 saturated carbocycles. The van der Waals surface area contributed by atoms with Crippen molar-refractivity contribution in [3.8, 4) is 0 Å². The number of carbonyl (C=O) groups excluding carboxylic acids is 1. The Balaban J connectivity index is 2.17. The van der Waals surface area contributed by atoms with Gasteiger partial charge < -0.3 is 9.08 Å². The van der Waals surface area contributed by atoms with Crippen LogP contribution in [0.3, 0.4) is 0 Å². The predicted molar refractivity (Wildman–Crippen MR) is 66.9 cm³/mol. The van der Waals surface area contributed by atoms with E-state index in [0.717, 1.165) is 18.8 Å². The number of thiol groups is 1. The van der Waals surface area contributed by atoms with Gasteiger partial charge in [-0.3, -0.25) is 0 Å². The molecule has 0 spiro atoms. The van der Waals surface area contributed by atoms with Crippen molar-refractivity contribution in [1.29, 1.82) is 0 Å². The van der Waals surface area contributed by atoms with Gasteiger partial charge in [0.25, 0.3) is 0 Å². The topological polar surface area (TPSA) is 29.5 Å². The van der Waals surface area contributed by atoms with Crippen LogP contribution < -0.4 is 4.90 Å². The van der Waals surface area contributed by atoms with E-state index in [1.54, 1.807) is 6.07 Å². The van der Waals surface area contributed by atoms with Crippen LogP contribution in [0.15, 0.2) is 24.3 Å². The number of piperidine rings is 1. The molecule has 16 heavy (non-hydrogen) atoms. The molecule has 1 fully saturated rings. The summed E-state index contributed by atoms with van der Waals surface area (Å²) in [5.41, 5.74) is 1.65. The Morgan fingerprint density at radius 2 is 2.00 bits per heavy atom. The molecule has 3 nitrogen and oxygen atoms in total. The van der Waals surface area contributed by atoms with Crippen molar-refractivity contribution in [2.45, 2.75) is 19.3 Å². The molecule has 0 unspecified atom stereocenters. The van der Waals surface area contributed by atoms with E-state index in [9.17, 15) is 4.79 Å². The van der Waals surface area contributed by atoms with Crippen LogP contribution in [0.2, 0.25) is 0 Å². The maximum atomic E-state index is 11.3. The highest BCUT2D eigenvalue weighted by Crippen LogP contribution is 2.21. The maximum Gasteiger partial charge on any atom is 0.350 e. The molecule has 1 heterocycles. The summed E-state index contributed by atoms with van der Waals surface area (Å²) in [5, 5.41) is 0. The molecule has 1 aliphatic rings. The van der Waals surface area contributed by atoms with E-state index in [0.29, 0.717) is 5.56 Å². The lowest BCUT2D eigenvalue weighted by Gasteiger charge is -2.28. The Labute approximate surface area is 101 Å². The second-order valence-electron chi connectivity index (χ2n) is 3.98. The second kappa shape index (κ2) is 5.25. The number of benzene rings is 1. The number of rotatable bonds is 2. The first-order valence-corrected chi connectivity index (χ1v) is 5.88. The number of anilines is 1. The zero-order valence-corrected chi connectivity index (χ0v) is 9.95. The molecule has 0 aliphatic carbocycles. The molecule has 1 aromatic rings. The first-order chi connectivity index (χ1) is 7.81. The predicted octanol–water partition coefficient (Wildman–Crippen LogP) is 2.68. The Morgan fingerprint density at radius 3 is 2.69 bits per heavy atom. The van der Waals surface area contributed by atoms with E-state index in [1.165, 1.54) is 19.3 Å². The van der Waals surface area contributed by atoms with Crippen LogP contribution in [-0.2, 0) is 4.18 Å². The average Bonchev–Trinajstić information content (AvgIpc) is 2.39. The van der Waals surface area contributed by atoms with Gasteiger partial charge in [0.2, 0.25) is 0 Å². The van der Waals surface area contributed by atoms with Crippen molar-refractivity contribution in [3.63, 3.8) is 0 Å². The summed E-state index contributed by atoms with van der Waals surface area (Å²) >= 11 is 3.53. The lowest BCUT2D eigenvalue weighted by molar-refractivity contribution is 0.0772. The summed E-state index contributed by atoms with van der Waals surface area (Å²) in [6.07, 6.45) is 3.75. The summed E-state index contributed by atoms with van der Waals surface area (Å²) in [5.74, 6) is -0.401. The van der Waals surface area contributed by atoms with Crippen molar-refractivity contribution in [2.24, 2.45) is 0 Å². The summed E-state index contributed by atoms with van der Waals surface area (Å²) in [6.45, 7) is 2.14. The highest BCUT2D eigenvalue weighted by atomic mass is 32.1. The van der Waals surface area contributed by atoms with E-state index in [2.05, 4.69) is 22.0 Å². The van der Waals surface area contributed by atoms with Gasteiger partial charge in [0.15, 0.2) is 0 Å². The minimum absolute atomic E-state index is 0.401. The minimum Gasteiger partial charge on any atom is -0.391 e. The number of nitrogens with zero attached hydrogens (tertiary/aromatic N) is 1. The molecule has 1 saturated heterocycles. The van der Waals surface area contributed by atoms with E-state index in [4.69, 9.17) is 0 Å². The van der Waals surface area contributed by atoms with Gasteiger partial charge in [-0.15, -0.1) is 0 Å². The Hall–Kier alpha value is -1.16. The number of hydrogen-bond donors (Lipinski definition) is 1. The van der Waals surface area contributed by atoms with Gasteiger partial charge in [0.05, 0.1) is 5.56 Å². The zero-order valence-electron chi connectivity index (χ0n) is 9.06. The fourth-order valence-electron chi connectivity index (χ4n) is 2.03. The van der Waals surface area contributed by atoms with Crippen LogP contribution in [0.1, 0.15) is 29.6 Å². The fourth-order valence-corrected chi connectivity index (χ4v) is 2.14. The van der Waals surface area contributed by atoms with Gasteiger partial charge >= 0.3 is 5.97 Å². The van der Waals surface area contributed by atoms with Gasteiger partial charge in [0, 0.05) is 31.7 Å². The van der Waals surface area contributed by atoms with Crippen molar-refractivity contribution in [3.05, 3.63) is 29.8 Å². The second-order valence-corrected chi connectivity index (χ2v) is 4.16. The van der Waals surface area contributed by atoms with Crippen molar-refractivity contribution in [2.75, 3.05) is 18.0 Å². The van der Waals surface area contributed by atoms with Gasteiger partial charge in [-0.05, 0) is 37.5 Å². The molecule has 0 radical (unpaired) electrons. The maximum absolute atomic E-state index is 11.3. The number of hydrogen-bond acceptors (Lipinski definition) is 4. The molecular formula is C12H15NO2S. The molecule has 0 bridgehead atoms. The zero-order chi connectivity index (χ0) is 11.4. The van der Waals surface area contributed by atoms with Gasteiger partial charge in [-0.2, -0.15) is 0 Å². The molecule has 0 amide bonds. The van der Waals surface area contributed by atoms with Gasteiger partial charge in [-0.25, -0.2) is 4.79 Å². The molecule has 4 heteroatoms. The summed E-state index contributed by atoms with van der Waals surface area (Å²) < 4.78 is 4.42. The quantitative estimate of drug-likeness (QED) is 0.633. The van der Waals surface area contributed by atoms with E-state index >= 15 is 0 Å². The standard InChI is InChI=1S/C12H15NO2S/c14-12(15-16)10-5-4-6-11(9-10)13-7-2-1-3-8-13/h4-6,9,16H,1-3,7-8H2. The fraction of sp³-hybridized carbons (Fsp3) is 0.417. The third-order valence-electron chi connectivity index (χ3n) is 2.89. The van der Waals surface area contributed by atoms with Crippen LogP contribution in [-0.4, -0.2) is 19.1 Å². The largest absolute Gasteiger partial charge is 0.391 e. The molecule has 0 N–H and O–H groups in total. The van der Waals surface area contributed by atoms with Gasteiger partial charge in [-0.1, -0.05) is 6.07 Å². The molecule has 1 aromatic carbocycles. The van der Waals surface area contributed by atoms with E-state index in [-0.39, 0.29) is 0 Å². The van der Waals surface area contributed by atoms with Crippen molar-refractivity contribution in [1.82, 2.24) is 0 Å². The first-order valence-electron chi connectivity index (χ1n) is 5.52. The van der Waals surface area contributed by atoms with Crippen LogP contribution in [0.4, 0.5) is 5.69 Å². The molecular weight excluding hydrogens is 222 g/mol. The first kappa shape index (κ1) is 11.3. The average molecular weight is 237 g/mol. The lowest BCUT2D eigenvalue weighted by Crippen LogP contribution is -2.29. The minimum atomic E-state index is -0.401.